The van der Waals surface area contributed by atoms with Gasteiger partial charge in [0.25, 0.3) is 5.89 Å². The Balaban J connectivity index is 1.93. The van der Waals surface area contributed by atoms with Gasteiger partial charge in [0.15, 0.2) is 5.76 Å². The van der Waals surface area contributed by atoms with E-state index in [0.717, 1.165) is 4.88 Å². The third-order valence-electron chi connectivity index (χ3n) is 2.39. The molecule has 3 aromatic heterocycles. The molecule has 18 heavy (non-hydrogen) atoms. The van der Waals surface area contributed by atoms with E-state index in [2.05, 4.69) is 10.1 Å². The van der Waals surface area contributed by atoms with E-state index in [9.17, 15) is 0 Å². The average molecular weight is 281 g/mol. The predicted molar refractivity (Wildman–Crippen MR) is 69.6 cm³/mol. The Morgan fingerprint density at radius 2 is 2.17 bits per heavy atom. The van der Waals surface area contributed by atoms with Crippen molar-refractivity contribution < 1.29 is 8.94 Å². The quantitative estimate of drug-likeness (QED) is 0.678. The second-order valence-corrected chi connectivity index (χ2v) is 5.29. The Labute approximate surface area is 112 Å². The van der Waals surface area contributed by atoms with Gasteiger partial charge in [-0.1, -0.05) is 5.16 Å². The van der Waals surface area contributed by atoms with Crippen LogP contribution < -0.4 is 0 Å². The van der Waals surface area contributed by atoms with Crippen LogP contribution in [0.1, 0.15) is 10.6 Å². The lowest BCUT2D eigenvalue weighted by Gasteiger charge is -1.86. The lowest BCUT2D eigenvalue weighted by Crippen LogP contribution is -1.75. The van der Waals surface area contributed by atoms with Gasteiger partial charge in [-0.05, 0) is 31.2 Å². The Morgan fingerprint density at radius 1 is 1.28 bits per heavy atom. The molecule has 0 N–H and O–H groups in total. The van der Waals surface area contributed by atoms with Gasteiger partial charge in [-0.2, -0.15) is 4.98 Å². The smallest absolute Gasteiger partial charge is 0.293 e. The highest BCUT2D eigenvalue weighted by molar-refractivity contribution is 7.15. The Hall–Kier alpha value is -1.59. The van der Waals surface area contributed by atoms with Crippen LogP contribution in [-0.2, 0) is 5.88 Å². The molecule has 0 saturated carbocycles. The highest BCUT2D eigenvalue weighted by Gasteiger charge is 2.14. The first kappa shape index (κ1) is 11.5. The number of aryl methyl sites for hydroxylation is 1. The van der Waals surface area contributed by atoms with E-state index in [1.165, 1.54) is 4.88 Å². The van der Waals surface area contributed by atoms with Gasteiger partial charge in [-0.15, -0.1) is 22.9 Å². The molecule has 0 amide bonds. The topological polar surface area (TPSA) is 52.1 Å². The van der Waals surface area contributed by atoms with Crippen molar-refractivity contribution in [3.8, 4) is 22.4 Å². The van der Waals surface area contributed by atoms with Crippen LogP contribution in [-0.4, -0.2) is 10.1 Å². The summed E-state index contributed by atoms with van der Waals surface area (Å²) in [7, 11) is 0. The molecule has 3 aromatic rings. The minimum Gasteiger partial charge on any atom is -0.455 e. The first-order valence-corrected chi connectivity index (χ1v) is 6.67. The molecule has 0 aliphatic carbocycles. The van der Waals surface area contributed by atoms with Gasteiger partial charge in [0.1, 0.15) is 5.76 Å². The maximum atomic E-state index is 5.67. The molecule has 0 fully saturated rings. The van der Waals surface area contributed by atoms with Crippen LogP contribution in [0, 0.1) is 6.92 Å². The fourth-order valence-corrected chi connectivity index (χ4v) is 2.48. The number of furan rings is 1. The standard InChI is InChI=1S/C12H9ClN2O2S/c1-7-2-5-10(18-7)11-14-12(17-15-11)9-4-3-8(6-13)16-9/h2-5H,6H2,1H3. The van der Waals surface area contributed by atoms with Crippen LogP contribution in [0.4, 0.5) is 0 Å². The van der Waals surface area contributed by atoms with Crippen LogP contribution in [0.15, 0.2) is 33.2 Å². The molecular weight excluding hydrogens is 272 g/mol. The Morgan fingerprint density at radius 3 is 2.83 bits per heavy atom. The summed E-state index contributed by atoms with van der Waals surface area (Å²) in [4.78, 5) is 6.49. The molecule has 0 aromatic carbocycles. The Kier molecular flexibility index (Phi) is 2.93. The summed E-state index contributed by atoms with van der Waals surface area (Å²) in [6.07, 6.45) is 0. The van der Waals surface area contributed by atoms with Crippen LogP contribution >= 0.6 is 22.9 Å². The lowest BCUT2D eigenvalue weighted by molar-refractivity contribution is 0.413. The molecule has 0 aliphatic heterocycles. The minimum absolute atomic E-state index is 0.325. The number of halogens is 1. The minimum atomic E-state index is 0.325. The number of hydrogen-bond acceptors (Lipinski definition) is 5. The SMILES string of the molecule is Cc1ccc(-c2noc(-c3ccc(CCl)o3)n2)s1. The maximum Gasteiger partial charge on any atom is 0.293 e. The van der Waals surface area contributed by atoms with Crippen molar-refractivity contribution in [2.45, 2.75) is 12.8 Å². The average Bonchev–Trinajstić information content (AvgIpc) is 3.07. The van der Waals surface area contributed by atoms with Gasteiger partial charge >= 0.3 is 0 Å². The number of aromatic nitrogens is 2. The van der Waals surface area contributed by atoms with E-state index in [-0.39, 0.29) is 0 Å². The second-order valence-electron chi connectivity index (χ2n) is 3.73. The van der Waals surface area contributed by atoms with Crippen molar-refractivity contribution in [2.75, 3.05) is 0 Å². The second kappa shape index (κ2) is 4.59. The first-order valence-electron chi connectivity index (χ1n) is 5.32. The molecule has 0 saturated heterocycles. The van der Waals surface area contributed by atoms with Gasteiger partial charge in [-0.3, -0.25) is 0 Å². The number of thiophene rings is 1. The summed E-state index contributed by atoms with van der Waals surface area (Å²) in [6, 6.07) is 7.56. The number of nitrogens with zero attached hydrogens (tertiary/aromatic N) is 2. The number of hydrogen-bond donors (Lipinski definition) is 0. The third-order valence-corrected chi connectivity index (χ3v) is 3.65. The summed E-state index contributed by atoms with van der Waals surface area (Å²) in [6.45, 7) is 2.04. The summed E-state index contributed by atoms with van der Waals surface area (Å²) in [5.74, 6) is 2.49. The lowest BCUT2D eigenvalue weighted by atomic mass is 10.4. The van der Waals surface area contributed by atoms with E-state index in [0.29, 0.717) is 29.1 Å². The van der Waals surface area contributed by atoms with E-state index in [4.69, 9.17) is 20.5 Å². The van der Waals surface area contributed by atoms with Crippen molar-refractivity contribution in [2.24, 2.45) is 0 Å². The fourth-order valence-electron chi connectivity index (χ4n) is 1.54. The van der Waals surface area contributed by atoms with Crippen molar-refractivity contribution in [3.05, 3.63) is 34.9 Å². The van der Waals surface area contributed by atoms with E-state index in [1.54, 1.807) is 23.5 Å². The fraction of sp³-hybridized carbons (Fsp3) is 0.167. The van der Waals surface area contributed by atoms with Gasteiger partial charge < -0.3 is 8.94 Å². The molecule has 6 heteroatoms. The highest BCUT2D eigenvalue weighted by atomic mass is 35.5. The molecule has 4 nitrogen and oxygen atoms in total. The van der Waals surface area contributed by atoms with E-state index < -0.39 is 0 Å². The zero-order chi connectivity index (χ0) is 12.5. The molecule has 0 spiro atoms. The van der Waals surface area contributed by atoms with E-state index in [1.807, 2.05) is 19.1 Å². The van der Waals surface area contributed by atoms with Crippen LogP contribution in [0.25, 0.3) is 22.4 Å². The normalized spacial score (nSPS) is 11.0. The van der Waals surface area contributed by atoms with Crippen LogP contribution in [0.5, 0.6) is 0 Å². The third kappa shape index (κ3) is 2.07. The molecule has 92 valence electrons. The summed E-state index contributed by atoms with van der Waals surface area (Å²) < 4.78 is 10.6. The molecule has 0 unspecified atom stereocenters. The van der Waals surface area contributed by atoms with Crippen molar-refractivity contribution in [3.63, 3.8) is 0 Å². The van der Waals surface area contributed by atoms with Gasteiger partial charge in [-0.25, -0.2) is 0 Å². The predicted octanol–water partition coefficient (Wildman–Crippen LogP) is 4.11. The number of rotatable bonds is 3. The first-order chi connectivity index (χ1) is 8.76. The molecular formula is C12H9ClN2O2S. The molecule has 0 aliphatic rings. The van der Waals surface area contributed by atoms with Crippen LogP contribution in [0.3, 0.4) is 0 Å². The molecule has 0 bridgehead atoms. The van der Waals surface area contributed by atoms with E-state index >= 15 is 0 Å². The summed E-state index contributed by atoms with van der Waals surface area (Å²) >= 11 is 7.30. The van der Waals surface area contributed by atoms with Gasteiger partial charge in [0, 0.05) is 4.88 Å². The Bertz CT molecular complexity index is 671. The van der Waals surface area contributed by atoms with Crippen molar-refractivity contribution in [1.82, 2.24) is 10.1 Å². The molecule has 3 heterocycles. The largest absolute Gasteiger partial charge is 0.455 e. The van der Waals surface area contributed by atoms with Gasteiger partial charge in [0.2, 0.25) is 5.82 Å². The monoisotopic (exact) mass is 280 g/mol. The maximum absolute atomic E-state index is 5.67. The number of alkyl halides is 1. The summed E-state index contributed by atoms with van der Waals surface area (Å²) in [5, 5.41) is 3.94. The van der Waals surface area contributed by atoms with Crippen molar-refractivity contribution >= 4 is 22.9 Å². The molecule has 3 rings (SSSR count). The van der Waals surface area contributed by atoms with Crippen LogP contribution in [0.2, 0.25) is 0 Å². The van der Waals surface area contributed by atoms with Crippen molar-refractivity contribution in [1.29, 1.82) is 0 Å². The highest BCUT2D eigenvalue weighted by Crippen LogP contribution is 2.28. The molecule has 0 atom stereocenters. The molecule has 0 radical (unpaired) electrons. The zero-order valence-electron chi connectivity index (χ0n) is 9.51. The summed E-state index contributed by atoms with van der Waals surface area (Å²) in [5.41, 5.74) is 0. The zero-order valence-corrected chi connectivity index (χ0v) is 11.1. The van der Waals surface area contributed by atoms with Gasteiger partial charge in [0.05, 0.1) is 10.8 Å².